The van der Waals surface area contributed by atoms with Gasteiger partial charge in [-0.1, -0.05) is 32.0 Å². The lowest BCUT2D eigenvalue weighted by Crippen LogP contribution is -2.41. The molecule has 1 aromatic carbocycles. The van der Waals surface area contributed by atoms with Crippen LogP contribution in [0.15, 0.2) is 29.3 Å². The predicted octanol–water partition coefficient (Wildman–Crippen LogP) is 3.33. The number of Topliss-reactive ketones (excluding diaryl/α,β-unsaturated/α-hetero) is 1. The molecule has 1 heterocycles. The summed E-state index contributed by atoms with van der Waals surface area (Å²) in [7, 11) is -3.87. The number of rotatable bonds is 5. The van der Waals surface area contributed by atoms with Crippen molar-refractivity contribution in [2.45, 2.75) is 59.1 Å². The first-order valence-corrected chi connectivity index (χ1v) is 12.4. The Kier molecular flexibility index (Phi) is 5.17. The number of benzene rings is 1. The number of fused-ring (bicyclic) bond motifs is 3. The van der Waals surface area contributed by atoms with E-state index in [0.29, 0.717) is 11.3 Å². The lowest BCUT2D eigenvalue weighted by molar-refractivity contribution is -0.146. The van der Waals surface area contributed by atoms with Crippen LogP contribution < -0.4 is 4.72 Å². The molecule has 8 heteroatoms. The zero-order chi connectivity index (χ0) is 22.8. The van der Waals surface area contributed by atoms with Crippen molar-refractivity contribution in [1.82, 2.24) is 4.72 Å². The second-order valence-corrected chi connectivity index (χ2v) is 12.3. The Morgan fingerprint density at radius 1 is 1.23 bits per heavy atom. The summed E-state index contributed by atoms with van der Waals surface area (Å²) in [5.74, 6) is -1.38. The van der Waals surface area contributed by atoms with E-state index < -0.39 is 33.6 Å². The molecule has 1 aliphatic heterocycles. The van der Waals surface area contributed by atoms with E-state index in [2.05, 4.69) is 23.6 Å². The van der Waals surface area contributed by atoms with Crippen LogP contribution in [0.1, 0.15) is 59.1 Å². The highest BCUT2D eigenvalue weighted by Gasteiger charge is 2.59. The van der Waals surface area contributed by atoms with E-state index in [1.54, 1.807) is 45.0 Å². The molecule has 2 aliphatic carbocycles. The minimum absolute atomic E-state index is 0.0132. The largest absolute Gasteiger partial charge is 0.455 e. The number of ketones is 1. The lowest BCUT2D eigenvalue weighted by atomic mass is 9.80. The van der Waals surface area contributed by atoms with Gasteiger partial charge >= 0.3 is 5.97 Å². The van der Waals surface area contributed by atoms with Crippen LogP contribution in [0.5, 0.6) is 0 Å². The van der Waals surface area contributed by atoms with Gasteiger partial charge in [0.2, 0.25) is 10.0 Å². The summed E-state index contributed by atoms with van der Waals surface area (Å²) < 4.78 is 34.4. The van der Waals surface area contributed by atoms with Gasteiger partial charge in [-0.3, -0.25) is 4.79 Å². The predicted molar refractivity (Wildman–Crippen MR) is 118 cm³/mol. The zero-order valence-electron chi connectivity index (χ0n) is 18.6. The molecule has 4 atom stereocenters. The number of carbonyl (C=O) groups is 2. The molecule has 4 rings (SSSR count). The van der Waals surface area contributed by atoms with Gasteiger partial charge in [-0.25, -0.2) is 22.9 Å². The van der Waals surface area contributed by atoms with E-state index in [1.165, 1.54) is 0 Å². The van der Waals surface area contributed by atoms with Crippen LogP contribution in [0.25, 0.3) is 0 Å². The van der Waals surface area contributed by atoms with Gasteiger partial charge in [0.05, 0.1) is 17.5 Å². The first-order chi connectivity index (χ1) is 14.3. The van der Waals surface area contributed by atoms with E-state index in [9.17, 15) is 18.0 Å². The van der Waals surface area contributed by atoms with E-state index in [0.717, 1.165) is 12.8 Å². The molecule has 3 aliphatic rings. The normalized spacial score (nSPS) is 29.1. The molecule has 1 aromatic rings. The second kappa shape index (κ2) is 7.24. The van der Waals surface area contributed by atoms with Crippen LogP contribution in [0.3, 0.4) is 0 Å². The molecule has 31 heavy (non-hydrogen) atoms. The molecule has 2 bridgehead atoms. The van der Waals surface area contributed by atoms with Crippen LogP contribution in [-0.4, -0.2) is 37.2 Å². The molecule has 7 nitrogen and oxygen atoms in total. The Bertz CT molecular complexity index is 1070. The number of nitrogens with one attached hydrogen (secondary N) is 1. The van der Waals surface area contributed by atoms with Gasteiger partial charge in [0.15, 0.2) is 0 Å². The van der Waals surface area contributed by atoms with Crippen molar-refractivity contribution in [1.29, 1.82) is 0 Å². The second-order valence-electron chi connectivity index (χ2n) is 10.5. The number of para-hydroxylation sites is 1. The number of nitrogens with zero attached hydrogens (tertiary/aromatic N) is 1. The fourth-order valence-electron chi connectivity index (χ4n) is 5.48. The molecule has 0 spiro atoms. The molecule has 4 unspecified atom stereocenters. The van der Waals surface area contributed by atoms with Crippen molar-refractivity contribution in [3.05, 3.63) is 29.8 Å². The Morgan fingerprint density at radius 3 is 2.52 bits per heavy atom. The number of aliphatic imine (C=N–C) groups is 1. The fourth-order valence-corrected chi connectivity index (χ4v) is 7.05. The fraction of sp³-hybridized carbons (Fsp3) is 0.609. The van der Waals surface area contributed by atoms with Gasteiger partial charge in [-0.2, -0.15) is 0 Å². The molecule has 2 fully saturated rings. The SMILES string of the molecule is CC(C)(C)OC(=O)C1=Nc2ccccc2C1NS(=O)(=O)CC1C(=O)C2CCC1C2(C)C. The number of esters is 1. The van der Waals surface area contributed by atoms with Crippen LogP contribution in [-0.2, 0) is 24.3 Å². The van der Waals surface area contributed by atoms with Crippen molar-refractivity contribution >= 4 is 33.2 Å². The minimum atomic E-state index is -3.87. The standard InChI is InChI=1S/C23H30N2O5S/c1-22(2,3)30-21(27)19-18(13-8-6-7-9-17(13)24-19)25-31(28,29)12-14-15-10-11-16(20(14)26)23(15,4)5/h6-9,14-16,18,25H,10-12H2,1-5H3. The third kappa shape index (κ3) is 3.96. The van der Waals surface area contributed by atoms with E-state index in [4.69, 9.17) is 4.74 Å². The maximum atomic E-state index is 13.2. The number of hydrogen-bond acceptors (Lipinski definition) is 6. The monoisotopic (exact) mass is 446 g/mol. The van der Waals surface area contributed by atoms with Crippen molar-refractivity contribution < 1.29 is 22.7 Å². The summed E-state index contributed by atoms with van der Waals surface area (Å²) in [6, 6.07) is 6.10. The van der Waals surface area contributed by atoms with Gasteiger partial charge in [0, 0.05) is 17.4 Å². The van der Waals surface area contributed by atoms with Crippen LogP contribution >= 0.6 is 0 Å². The Balaban J connectivity index is 1.58. The average Bonchev–Trinajstić information content (AvgIpc) is 3.19. The first kappa shape index (κ1) is 22.1. The number of hydrogen-bond donors (Lipinski definition) is 1. The number of carbonyl (C=O) groups excluding carboxylic acids is 2. The molecule has 168 valence electrons. The number of ether oxygens (including phenoxy) is 1. The quantitative estimate of drug-likeness (QED) is 0.699. The van der Waals surface area contributed by atoms with E-state index in [-0.39, 0.29) is 34.5 Å². The van der Waals surface area contributed by atoms with Gasteiger partial charge in [-0.15, -0.1) is 0 Å². The van der Waals surface area contributed by atoms with Crippen LogP contribution in [0.4, 0.5) is 5.69 Å². The molecular formula is C23H30N2O5S. The van der Waals surface area contributed by atoms with Crippen LogP contribution in [0, 0.1) is 23.2 Å². The van der Waals surface area contributed by atoms with Crippen LogP contribution in [0.2, 0.25) is 0 Å². The summed E-state index contributed by atoms with van der Waals surface area (Å²) in [4.78, 5) is 30.0. The highest BCUT2D eigenvalue weighted by molar-refractivity contribution is 7.89. The van der Waals surface area contributed by atoms with Gasteiger partial charge < -0.3 is 4.74 Å². The van der Waals surface area contributed by atoms with E-state index in [1.807, 2.05) is 0 Å². The van der Waals surface area contributed by atoms with Gasteiger partial charge in [0.25, 0.3) is 0 Å². The minimum Gasteiger partial charge on any atom is -0.455 e. The maximum Gasteiger partial charge on any atom is 0.355 e. The summed E-state index contributed by atoms with van der Waals surface area (Å²) in [5, 5.41) is 0. The maximum absolute atomic E-state index is 13.2. The summed E-state index contributed by atoms with van der Waals surface area (Å²) in [6.45, 7) is 9.36. The molecule has 0 radical (unpaired) electrons. The average molecular weight is 447 g/mol. The Morgan fingerprint density at radius 2 is 1.90 bits per heavy atom. The lowest BCUT2D eigenvalue weighted by Gasteiger charge is -2.26. The van der Waals surface area contributed by atoms with Gasteiger partial charge in [0.1, 0.15) is 17.1 Å². The third-order valence-electron chi connectivity index (χ3n) is 6.88. The third-order valence-corrected chi connectivity index (χ3v) is 8.27. The smallest absolute Gasteiger partial charge is 0.355 e. The molecule has 0 saturated heterocycles. The Hall–Kier alpha value is -2.06. The summed E-state index contributed by atoms with van der Waals surface area (Å²) >= 11 is 0. The Labute approximate surface area is 183 Å². The molecule has 0 amide bonds. The summed E-state index contributed by atoms with van der Waals surface area (Å²) in [5.41, 5.74) is 0.248. The highest BCUT2D eigenvalue weighted by atomic mass is 32.2. The first-order valence-electron chi connectivity index (χ1n) is 10.7. The number of sulfonamides is 1. The van der Waals surface area contributed by atoms with Crippen molar-refractivity contribution in [3.63, 3.8) is 0 Å². The van der Waals surface area contributed by atoms with E-state index >= 15 is 0 Å². The van der Waals surface area contributed by atoms with Crippen molar-refractivity contribution in [2.24, 2.45) is 28.2 Å². The summed E-state index contributed by atoms with van der Waals surface area (Å²) in [6.07, 6.45) is 1.71. The molecule has 2 saturated carbocycles. The van der Waals surface area contributed by atoms with Crippen molar-refractivity contribution in [3.8, 4) is 0 Å². The van der Waals surface area contributed by atoms with Crippen molar-refractivity contribution in [2.75, 3.05) is 5.75 Å². The molecule has 0 aromatic heterocycles. The molecule has 1 N–H and O–H groups in total. The molecular weight excluding hydrogens is 416 g/mol. The van der Waals surface area contributed by atoms with Gasteiger partial charge in [-0.05, 0) is 51.0 Å². The zero-order valence-corrected chi connectivity index (χ0v) is 19.5. The highest BCUT2D eigenvalue weighted by Crippen LogP contribution is 2.58. The topological polar surface area (TPSA) is 102 Å².